The van der Waals surface area contributed by atoms with Crippen LogP contribution in [0.2, 0.25) is 5.02 Å². The highest BCUT2D eigenvalue weighted by Crippen LogP contribution is 2.39. The van der Waals surface area contributed by atoms with Crippen molar-refractivity contribution in [3.05, 3.63) is 94.3 Å². The first-order chi connectivity index (χ1) is 14.1. The first kappa shape index (κ1) is 19.4. The maximum atomic E-state index is 14.5. The number of phenolic OH excluding ortho intramolecular Hbond substituents is 1. The number of halogens is 2. The van der Waals surface area contributed by atoms with Gasteiger partial charge in [0.15, 0.2) is 11.5 Å². The molecular weight excluding hydrogens is 391 g/mol. The van der Waals surface area contributed by atoms with E-state index < -0.39 is 6.17 Å². The number of benzene rings is 3. The first-order valence-corrected chi connectivity index (χ1v) is 9.63. The average molecular weight is 411 g/mol. The van der Waals surface area contributed by atoms with Gasteiger partial charge < -0.3 is 9.84 Å². The largest absolute Gasteiger partial charge is 0.504 e. The first-order valence-electron chi connectivity index (χ1n) is 9.25. The lowest BCUT2D eigenvalue weighted by atomic mass is 9.93. The number of hydrogen-bond acceptors (Lipinski definition) is 4. The van der Waals surface area contributed by atoms with Crippen LogP contribution in [0.4, 0.5) is 4.39 Å². The van der Waals surface area contributed by atoms with Crippen molar-refractivity contribution in [2.24, 2.45) is 4.99 Å². The molecule has 6 heteroatoms. The van der Waals surface area contributed by atoms with Crippen LogP contribution in [-0.4, -0.2) is 17.9 Å². The molecule has 4 nitrogen and oxygen atoms in total. The van der Waals surface area contributed by atoms with Crippen molar-refractivity contribution in [1.29, 1.82) is 0 Å². The molecule has 3 aromatic rings. The lowest BCUT2D eigenvalue weighted by molar-refractivity contribution is 0.359. The number of aromatic hydroxyl groups is 1. The van der Waals surface area contributed by atoms with E-state index in [-0.39, 0.29) is 17.6 Å². The molecule has 3 aromatic carbocycles. The molecule has 1 heterocycles. The van der Waals surface area contributed by atoms with E-state index in [0.717, 1.165) is 11.3 Å². The normalized spacial score (nSPS) is 18.9. The molecule has 0 saturated carbocycles. The Morgan fingerprint density at radius 3 is 2.48 bits per heavy atom. The van der Waals surface area contributed by atoms with E-state index in [9.17, 15) is 9.50 Å². The highest BCUT2D eigenvalue weighted by atomic mass is 35.5. The van der Waals surface area contributed by atoms with Gasteiger partial charge in [-0.05, 0) is 29.8 Å². The Balaban J connectivity index is 1.78. The highest BCUT2D eigenvalue weighted by Gasteiger charge is 2.29. The van der Waals surface area contributed by atoms with E-state index in [1.54, 1.807) is 36.4 Å². The van der Waals surface area contributed by atoms with Crippen molar-refractivity contribution in [2.75, 3.05) is 7.11 Å². The molecule has 0 aliphatic carbocycles. The third-order valence-corrected chi connectivity index (χ3v) is 5.30. The van der Waals surface area contributed by atoms with Gasteiger partial charge in [-0.1, -0.05) is 54.1 Å². The maximum Gasteiger partial charge on any atom is 0.162 e. The van der Waals surface area contributed by atoms with Gasteiger partial charge in [-0.2, -0.15) is 0 Å². The third kappa shape index (κ3) is 3.97. The number of nitrogens with one attached hydrogen (secondary N) is 1. The Kier molecular flexibility index (Phi) is 5.51. The van der Waals surface area contributed by atoms with E-state index in [4.69, 9.17) is 21.3 Å². The van der Waals surface area contributed by atoms with Gasteiger partial charge in [-0.3, -0.25) is 10.3 Å². The molecule has 4 rings (SSSR count). The van der Waals surface area contributed by atoms with Crippen LogP contribution in [0.1, 0.15) is 35.3 Å². The standard InChI is InChI=1S/C23H20ClFN2O2/c1-29-21-8-4-6-17(22(21)28)20-13-19(14-9-11-15(24)12-10-14)26-23(27-20)16-5-2-3-7-18(16)25/h2-12,20,23,27-28H,13H2,1H3. The topological polar surface area (TPSA) is 53.8 Å². The molecule has 0 amide bonds. The smallest absolute Gasteiger partial charge is 0.162 e. The van der Waals surface area contributed by atoms with Gasteiger partial charge in [0, 0.05) is 34.3 Å². The molecule has 148 valence electrons. The van der Waals surface area contributed by atoms with Gasteiger partial charge in [0.25, 0.3) is 0 Å². The summed E-state index contributed by atoms with van der Waals surface area (Å²) in [6, 6.07) is 19.0. The Hall–Kier alpha value is -2.89. The van der Waals surface area contributed by atoms with E-state index >= 15 is 0 Å². The molecular formula is C23H20ClFN2O2. The number of nitrogens with zero attached hydrogens (tertiary/aromatic N) is 1. The zero-order valence-corrected chi connectivity index (χ0v) is 16.5. The van der Waals surface area contributed by atoms with E-state index in [2.05, 4.69) is 5.32 Å². The second-order valence-corrected chi connectivity index (χ2v) is 7.26. The minimum absolute atomic E-state index is 0.0668. The van der Waals surface area contributed by atoms with Crippen LogP contribution >= 0.6 is 11.6 Å². The van der Waals surface area contributed by atoms with Crippen molar-refractivity contribution in [2.45, 2.75) is 18.6 Å². The minimum Gasteiger partial charge on any atom is -0.504 e. The summed E-state index contributed by atoms with van der Waals surface area (Å²) in [5.41, 5.74) is 2.84. The molecule has 2 unspecified atom stereocenters. The second-order valence-electron chi connectivity index (χ2n) is 6.83. The molecule has 0 fully saturated rings. The van der Waals surface area contributed by atoms with Crippen molar-refractivity contribution in [3.8, 4) is 11.5 Å². The molecule has 2 N–H and O–H groups in total. The fourth-order valence-electron chi connectivity index (χ4n) is 3.56. The monoisotopic (exact) mass is 410 g/mol. The van der Waals surface area contributed by atoms with Crippen LogP contribution in [0.5, 0.6) is 11.5 Å². The van der Waals surface area contributed by atoms with E-state index in [1.165, 1.54) is 13.2 Å². The molecule has 1 aliphatic heterocycles. The molecule has 0 bridgehead atoms. The van der Waals surface area contributed by atoms with Gasteiger partial charge in [-0.25, -0.2) is 4.39 Å². The average Bonchev–Trinajstić information content (AvgIpc) is 2.74. The number of phenols is 1. The Bertz CT molecular complexity index is 1050. The predicted octanol–water partition coefficient (Wildman–Crippen LogP) is 5.42. The van der Waals surface area contributed by atoms with Gasteiger partial charge in [-0.15, -0.1) is 0 Å². The van der Waals surface area contributed by atoms with Crippen molar-refractivity contribution in [1.82, 2.24) is 5.32 Å². The van der Waals surface area contributed by atoms with Crippen molar-refractivity contribution >= 4 is 17.3 Å². The summed E-state index contributed by atoms with van der Waals surface area (Å²) in [5, 5.41) is 14.6. The van der Waals surface area contributed by atoms with Gasteiger partial charge >= 0.3 is 0 Å². The quantitative estimate of drug-likeness (QED) is 0.604. The second kappa shape index (κ2) is 8.23. The zero-order chi connectivity index (χ0) is 20.4. The van der Waals surface area contributed by atoms with Crippen LogP contribution < -0.4 is 10.1 Å². The Morgan fingerprint density at radius 2 is 1.76 bits per heavy atom. The van der Waals surface area contributed by atoms with Crippen LogP contribution in [0, 0.1) is 5.82 Å². The molecule has 1 aliphatic rings. The van der Waals surface area contributed by atoms with E-state index in [1.807, 2.05) is 24.3 Å². The lowest BCUT2D eigenvalue weighted by Gasteiger charge is -2.31. The van der Waals surface area contributed by atoms with Crippen molar-refractivity contribution in [3.63, 3.8) is 0 Å². The molecule has 0 aromatic heterocycles. The van der Waals surface area contributed by atoms with Crippen LogP contribution in [0.25, 0.3) is 0 Å². The summed E-state index contributed by atoms with van der Waals surface area (Å²) in [6.45, 7) is 0. The highest BCUT2D eigenvalue weighted by molar-refractivity contribution is 6.30. The summed E-state index contributed by atoms with van der Waals surface area (Å²) in [6.07, 6.45) is -0.0703. The third-order valence-electron chi connectivity index (χ3n) is 5.04. The predicted molar refractivity (Wildman–Crippen MR) is 112 cm³/mol. The molecule has 0 spiro atoms. The summed E-state index contributed by atoms with van der Waals surface area (Å²) in [7, 11) is 1.51. The van der Waals surface area contributed by atoms with E-state index in [0.29, 0.717) is 28.3 Å². The summed E-state index contributed by atoms with van der Waals surface area (Å²) >= 11 is 6.03. The fourth-order valence-corrected chi connectivity index (χ4v) is 3.69. The molecule has 0 radical (unpaired) electrons. The maximum absolute atomic E-state index is 14.5. The summed E-state index contributed by atoms with van der Waals surface area (Å²) < 4.78 is 19.7. The summed E-state index contributed by atoms with van der Waals surface area (Å²) in [4.78, 5) is 4.77. The SMILES string of the molecule is COc1cccc(C2CC(c3ccc(Cl)cc3)=NC(c3ccccc3F)N2)c1O. The molecule has 2 atom stereocenters. The fraction of sp³-hybridized carbons (Fsp3) is 0.174. The van der Waals surface area contributed by atoms with Gasteiger partial charge in [0.2, 0.25) is 0 Å². The minimum atomic E-state index is -0.591. The molecule has 29 heavy (non-hydrogen) atoms. The van der Waals surface area contributed by atoms with Crippen molar-refractivity contribution < 1.29 is 14.2 Å². The number of aliphatic imine (C=N–C) groups is 1. The Morgan fingerprint density at radius 1 is 1.03 bits per heavy atom. The van der Waals surface area contributed by atoms with Crippen LogP contribution in [0.15, 0.2) is 71.7 Å². The molecule has 0 saturated heterocycles. The van der Waals surface area contributed by atoms with Crippen LogP contribution in [0.3, 0.4) is 0 Å². The van der Waals surface area contributed by atoms with Crippen LogP contribution in [-0.2, 0) is 0 Å². The Labute approximate surface area is 173 Å². The number of rotatable bonds is 4. The number of para-hydroxylation sites is 1. The van der Waals surface area contributed by atoms with Gasteiger partial charge in [0.1, 0.15) is 12.0 Å². The number of ether oxygens (including phenoxy) is 1. The number of hydrogen-bond donors (Lipinski definition) is 2. The number of methoxy groups -OCH3 is 1. The van der Waals surface area contributed by atoms with Gasteiger partial charge in [0.05, 0.1) is 7.11 Å². The zero-order valence-electron chi connectivity index (χ0n) is 15.8. The summed E-state index contributed by atoms with van der Waals surface area (Å²) in [5.74, 6) is 0.124. The lowest BCUT2D eigenvalue weighted by Crippen LogP contribution is -2.33.